The van der Waals surface area contributed by atoms with Crippen LogP contribution in [0.3, 0.4) is 0 Å². The van der Waals surface area contributed by atoms with E-state index in [0.29, 0.717) is 17.0 Å². The summed E-state index contributed by atoms with van der Waals surface area (Å²) in [4.78, 5) is 48.1. The monoisotopic (exact) mass is 838 g/mol. The number of allylic oxidation sites excluding steroid dienone is 2. The summed E-state index contributed by atoms with van der Waals surface area (Å²) in [6.45, 7) is 13.4. The molecule has 0 spiro atoms. The standard InChI is InChI=1S/C48H58N2O11/c1-22-14-13-15-23(2)47(57)50-38-43(55)35-34(37-45(38)60-33-20-24(3)30(21-31(33)49-37)29-16-11-10-12-17-29)36-44(28(7)42(35)54)61-48(8,46(36)56)59-19-18-32(58-9)25(4)40(52)27(6)41(53)26(5)39(22)51/h13-15,18-22,25-27,29,32,39-41,51-53,55H,10-12,16-17H2,1-9H3,(H,50,57)/b14-13+,19-18+,23-15-/t22-,25+,26+,27-,32-,39-,40+,41+,48-/m0/s1. The first kappa shape index (κ1) is 44.0. The molecule has 1 amide bonds. The zero-order valence-electron chi connectivity index (χ0n) is 36.4. The zero-order valence-corrected chi connectivity index (χ0v) is 36.4. The Bertz CT molecular complexity index is 2550. The minimum Gasteiger partial charge on any atom is -0.505 e. The maximum Gasteiger partial charge on any atom is 0.312 e. The number of hydrogen-bond acceptors (Lipinski definition) is 12. The summed E-state index contributed by atoms with van der Waals surface area (Å²) >= 11 is 0. The molecular weight excluding hydrogens is 781 g/mol. The third-order valence-corrected chi connectivity index (χ3v) is 13.5. The lowest BCUT2D eigenvalue weighted by molar-refractivity contribution is -0.112. The second kappa shape index (κ2) is 17.0. The first-order valence-electron chi connectivity index (χ1n) is 21.3. The number of carbonyl (C=O) groups is 2. The second-order valence-electron chi connectivity index (χ2n) is 17.7. The molecule has 1 aromatic heterocycles. The van der Waals surface area contributed by atoms with Gasteiger partial charge in [-0.05, 0) is 68.9 Å². The molecule has 0 radical (unpaired) electrons. The summed E-state index contributed by atoms with van der Waals surface area (Å²) in [5.74, 6) is -5.98. The maximum atomic E-state index is 14.7. The molecule has 2 aliphatic heterocycles. The largest absolute Gasteiger partial charge is 0.505 e. The quantitative estimate of drug-likeness (QED) is 0.0748. The van der Waals surface area contributed by atoms with Crippen molar-refractivity contribution in [1.82, 2.24) is 4.98 Å². The number of amides is 1. The van der Waals surface area contributed by atoms with E-state index in [4.69, 9.17) is 23.6 Å². The van der Waals surface area contributed by atoms with Gasteiger partial charge in [-0.2, -0.15) is 0 Å². The van der Waals surface area contributed by atoms with Crippen LogP contribution in [0.1, 0.15) is 107 Å². The van der Waals surface area contributed by atoms with Crippen molar-refractivity contribution >= 4 is 50.3 Å². The first-order valence-corrected chi connectivity index (χ1v) is 21.3. The van der Waals surface area contributed by atoms with Crippen molar-refractivity contribution in [2.24, 2.45) is 23.7 Å². The van der Waals surface area contributed by atoms with Crippen LogP contribution < -0.4 is 15.5 Å². The predicted molar refractivity (Wildman–Crippen MR) is 233 cm³/mol. The number of benzene rings is 3. The number of aliphatic hydroxyl groups is 3. The summed E-state index contributed by atoms with van der Waals surface area (Å²) < 4.78 is 24.6. The van der Waals surface area contributed by atoms with Crippen LogP contribution in [-0.2, 0) is 14.3 Å². The van der Waals surface area contributed by atoms with Crippen molar-refractivity contribution < 1.29 is 48.6 Å². The molecule has 4 aromatic rings. The van der Waals surface area contributed by atoms with E-state index in [2.05, 4.69) is 5.32 Å². The highest BCUT2D eigenvalue weighted by molar-refractivity contribution is 6.26. The number of ketones is 1. The summed E-state index contributed by atoms with van der Waals surface area (Å²) in [6, 6.07) is 3.88. The number of carbonyl (C=O) groups excluding carboxylic acids is 2. The predicted octanol–water partition coefficient (Wildman–Crippen LogP) is 7.78. The van der Waals surface area contributed by atoms with Gasteiger partial charge >= 0.3 is 5.79 Å². The molecule has 1 fully saturated rings. The van der Waals surface area contributed by atoms with Crippen molar-refractivity contribution in [2.75, 3.05) is 12.4 Å². The molecule has 0 saturated heterocycles. The number of phenols is 1. The van der Waals surface area contributed by atoms with Crippen molar-refractivity contribution in [1.29, 1.82) is 0 Å². The number of aromatic hydroxyl groups is 1. The SMILES string of the molecule is CO[C@H]1/C=C/O[C@@]2(C)Oc3c(C)c(=O)c4c(O)c(c5oc6cc(C)c(C7CCCCC7)cc6nc5c4c3C2=O)NC(=O)/C(C)=C\C=C\[C@H](C)[C@H](O)[C@@H](C)[C@@H](O)[C@@H](C)[C@H](O)[C@@H]1C. The molecule has 3 aromatic carbocycles. The Morgan fingerprint density at radius 2 is 1.56 bits per heavy atom. The molecule has 1 aliphatic carbocycles. The number of Topliss-reactive ketones (excluding diaryl/α,β-unsaturated/α-hetero) is 1. The minimum absolute atomic E-state index is 0.00618. The van der Waals surface area contributed by atoms with Gasteiger partial charge in [0.15, 0.2) is 22.3 Å². The number of aryl methyl sites for hydroxylation is 1. The van der Waals surface area contributed by atoms with E-state index in [0.717, 1.165) is 36.8 Å². The Morgan fingerprint density at radius 1 is 0.885 bits per heavy atom. The zero-order chi connectivity index (χ0) is 44.2. The highest BCUT2D eigenvalue weighted by Gasteiger charge is 2.49. The lowest BCUT2D eigenvalue weighted by atomic mass is 9.78. The van der Waals surface area contributed by atoms with E-state index in [1.165, 1.54) is 39.7 Å². The van der Waals surface area contributed by atoms with Gasteiger partial charge in [0, 0.05) is 54.2 Å². The van der Waals surface area contributed by atoms with E-state index in [9.17, 15) is 34.8 Å². The molecular formula is C48H58N2O11. The van der Waals surface area contributed by atoms with Crippen molar-refractivity contribution in [3.8, 4) is 11.5 Å². The van der Waals surface area contributed by atoms with Crippen molar-refractivity contribution in [3.63, 3.8) is 0 Å². The molecule has 1 saturated carbocycles. The Labute approximate surface area is 355 Å². The van der Waals surface area contributed by atoms with Crippen molar-refractivity contribution in [3.05, 3.63) is 80.7 Å². The van der Waals surface area contributed by atoms with E-state index in [-0.39, 0.29) is 50.0 Å². The lowest BCUT2D eigenvalue weighted by Crippen LogP contribution is -2.44. The third-order valence-electron chi connectivity index (χ3n) is 13.5. The van der Waals surface area contributed by atoms with Gasteiger partial charge in [-0.1, -0.05) is 65.2 Å². The van der Waals surface area contributed by atoms with Gasteiger partial charge in [0.2, 0.25) is 0 Å². The Kier molecular flexibility index (Phi) is 12.3. The molecule has 7 rings (SSSR count). The maximum absolute atomic E-state index is 14.7. The number of nitrogens with zero attached hydrogens (tertiary/aromatic N) is 1. The molecule has 326 valence electrons. The number of phenolic OH excluding ortho intramolecular Hbond substituents is 1. The van der Waals surface area contributed by atoms with Gasteiger partial charge in [-0.15, -0.1) is 0 Å². The Balaban J connectivity index is 1.46. The summed E-state index contributed by atoms with van der Waals surface area (Å²) in [7, 11) is 1.46. The highest BCUT2D eigenvalue weighted by Crippen LogP contribution is 2.49. The average molecular weight is 839 g/mol. The van der Waals surface area contributed by atoms with Crippen LogP contribution in [0, 0.1) is 37.5 Å². The van der Waals surface area contributed by atoms with Crippen molar-refractivity contribution in [2.45, 2.75) is 124 Å². The van der Waals surface area contributed by atoms with Gasteiger partial charge in [0.1, 0.15) is 22.5 Å². The number of fused-ring (bicyclic) bond motifs is 2. The number of nitrogens with one attached hydrogen (secondary N) is 1. The van der Waals surface area contributed by atoms with E-state index < -0.39 is 76.7 Å². The van der Waals surface area contributed by atoms with Crippen LogP contribution in [0.5, 0.6) is 11.5 Å². The smallest absolute Gasteiger partial charge is 0.312 e. The normalized spacial score (nSPS) is 31.5. The van der Waals surface area contributed by atoms with Gasteiger partial charge in [0.05, 0.1) is 41.6 Å². The van der Waals surface area contributed by atoms with E-state index >= 15 is 0 Å². The Hall–Kier alpha value is -5.08. The molecule has 5 N–H and O–H groups in total. The number of ether oxygens (including phenoxy) is 3. The van der Waals surface area contributed by atoms with Crippen LogP contribution in [0.2, 0.25) is 0 Å². The van der Waals surface area contributed by atoms with Crippen LogP contribution in [0.25, 0.3) is 33.0 Å². The number of aromatic nitrogens is 1. The minimum atomic E-state index is -1.99. The molecule has 3 heterocycles. The summed E-state index contributed by atoms with van der Waals surface area (Å²) in [5.41, 5.74) is 2.36. The van der Waals surface area contributed by atoms with Gasteiger partial charge in [0.25, 0.3) is 11.7 Å². The van der Waals surface area contributed by atoms with Gasteiger partial charge in [-0.25, -0.2) is 4.98 Å². The second-order valence-corrected chi connectivity index (χ2v) is 17.7. The number of hydrogen-bond donors (Lipinski definition) is 5. The molecule has 4 bridgehead atoms. The van der Waals surface area contributed by atoms with Gasteiger partial charge in [-0.3, -0.25) is 14.4 Å². The van der Waals surface area contributed by atoms with E-state index in [1.807, 2.05) is 19.1 Å². The number of rotatable bonds is 2. The Morgan fingerprint density at radius 3 is 2.25 bits per heavy atom. The topological polar surface area (TPSA) is 198 Å². The van der Waals surface area contributed by atoms with Crippen LogP contribution in [-0.4, -0.2) is 74.4 Å². The molecule has 61 heavy (non-hydrogen) atoms. The molecule has 9 atom stereocenters. The first-order chi connectivity index (χ1) is 28.9. The number of anilines is 1. The van der Waals surface area contributed by atoms with Crippen LogP contribution in [0.15, 0.2) is 57.5 Å². The fourth-order valence-electron chi connectivity index (χ4n) is 9.44. The number of aliphatic hydroxyl groups excluding tert-OH is 3. The lowest BCUT2D eigenvalue weighted by Gasteiger charge is -2.36. The number of methoxy groups -OCH3 is 1. The average Bonchev–Trinajstić information content (AvgIpc) is 3.51. The summed E-state index contributed by atoms with van der Waals surface area (Å²) in [5, 5.41) is 48.6. The van der Waals surface area contributed by atoms with E-state index in [1.54, 1.807) is 52.8 Å². The fraction of sp³-hybridized carbons (Fsp3) is 0.500. The highest BCUT2D eigenvalue weighted by atomic mass is 16.7. The van der Waals surface area contributed by atoms with Crippen LogP contribution in [0.4, 0.5) is 5.69 Å². The molecule has 13 heteroatoms. The molecule has 13 nitrogen and oxygen atoms in total. The molecule has 0 unspecified atom stereocenters. The molecule has 3 aliphatic rings. The summed E-state index contributed by atoms with van der Waals surface area (Å²) in [6.07, 6.45) is 9.21. The van der Waals surface area contributed by atoms with Gasteiger partial charge < -0.3 is 44.4 Å². The third kappa shape index (κ3) is 7.75. The van der Waals surface area contributed by atoms with Crippen LogP contribution >= 0.6 is 0 Å². The fourth-order valence-corrected chi connectivity index (χ4v) is 9.44.